The minimum atomic E-state index is 0.108. The van der Waals surface area contributed by atoms with Crippen LogP contribution in [0.5, 0.6) is 0 Å². The Balaban J connectivity index is 2.93. The van der Waals surface area contributed by atoms with E-state index in [1.54, 1.807) is 0 Å². The molecule has 7 heteroatoms. The first kappa shape index (κ1) is 9.46. The van der Waals surface area contributed by atoms with E-state index in [1.807, 2.05) is 19.0 Å². The third kappa shape index (κ3) is 2.15. The molecule has 1 aromatic rings. The normalized spacial score (nSPS) is 11.6. The van der Waals surface area contributed by atoms with Crippen molar-refractivity contribution in [1.82, 2.24) is 10.1 Å². The predicted molar refractivity (Wildman–Crippen MR) is 42.2 cm³/mol. The van der Waals surface area contributed by atoms with Crippen LogP contribution in [0.15, 0.2) is 9.78 Å². The molecule has 0 bridgehead atoms. The number of oxime groups is 1. The van der Waals surface area contributed by atoms with Crippen LogP contribution in [0, 0.1) is 5.21 Å². The van der Waals surface area contributed by atoms with Crippen molar-refractivity contribution in [2.24, 2.45) is 5.16 Å². The summed E-state index contributed by atoms with van der Waals surface area (Å²) in [5.74, 6) is 0. The lowest BCUT2D eigenvalue weighted by molar-refractivity contribution is -0.803. The molecule has 1 aromatic heterocycles. The summed E-state index contributed by atoms with van der Waals surface area (Å²) in [4.78, 5) is 2.01. The first-order valence-electron chi connectivity index (χ1n) is 3.56. The fourth-order valence-corrected chi connectivity index (χ4v) is 0.868. The fourth-order valence-electron chi connectivity index (χ4n) is 0.868. The average Bonchev–Trinajstić information content (AvgIpc) is 2.35. The standard InChI is InChI=1S/C6H10N4O3/c1-9(2)4-5-6(3-7-11)10(12)13-8-5/h3,11H,4H2,1-2H3/b7-3+. The molecule has 0 aromatic carbocycles. The molecule has 72 valence electrons. The first-order valence-corrected chi connectivity index (χ1v) is 3.56. The highest BCUT2D eigenvalue weighted by atomic mass is 16.8. The van der Waals surface area contributed by atoms with Gasteiger partial charge in [-0.1, -0.05) is 5.16 Å². The van der Waals surface area contributed by atoms with Gasteiger partial charge < -0.3 is 15.3 Å². The Morgan fingerprint density at radius 3 is 3.00 bits per heavy atom. The highest BCUT2D eigenvalue weighted by Gasteiger charge is 2.17. The lowest BCUT2D eigenvalue weighted by Gasteiger charge is -2.02. The van der Waals surface area contributed by atoms with E-state index in [0.29, 0.717) is 12.2 Å². The van der Waals surface area contributed by atoms with E-state index in [9.17, 15) is 5.21 Å². The van der Waals surface area contributed by atoms with Gasteiger partial charge in [0.2, 0.25) is 11.4 Å². The molecule has 0 atom stereocenters. The minimum Gasteiger partial charge on any atom is -0.411 e. The van der Waals surface area contributed by atoms with Gasteiger partial charge in [0.15, 0.2) is 0 Å². The van der Waals surface area contributed by atoms with Crippen LogP contribution in [-0.4, -0.2) is 35.6 Å². The Morgan fingerprint density at radius 1 is 1.77 bits per heavy atom. The van der Waals surface area contributed by atoms with Crippen LogP contribution >= 0.6 is 0 Å². The molecule has 0 aliphatic carbocycles. The highest BCUT2D eigenvalue weighted by molar-refractivity contribution is 5.75. The second kappa shape index (κ2) is 3.85. The van der Waals surface area contributed by atoms with Crippen molar-refractivity contribution in [2.75, 3.05) is 14.1 Å². The van der Waals surface area contributed by atoms with Crippen LogP contribution in [0.4, 0.5) is 0 Å². The molecule has 0 aliphatic rings. The van der Waals surface area contributed by atoms with Gasteiger partial charge >= 0.3 is 0 Å². The van der Waals surface area contributed by atoms with Gasteiger partial charge in [0.25, 0.3) is 0 Å². The van der Waals surface area contributed by atoms with Gasteiger partial charge in [-0.05, 0) is 19.0 Å². The van der Waals surface area contributed by atoms with E-state index in [4.69, 9.17) is 5.21 Å². The highest BCUT2D eigenvalue weighted by Crippen LogP contribution is 2.00. The predicted octanol–water partition coefficient (Wildman–Crippen LogP) is -0.822. The molecule has 0 radical (unpaired) electrons. The number of rotatable bonds is 3. The molecule has 1 rings (SSSR count). The molecular weight excluding hydrogens is 176 g/mol. The summed E-state index contributed by atoms with van der Waals surface area (Å²) < 4.78 is 4.33. The lowest BCUT2D eigenvalue weighted by Crippen LogP contribution is -2.29. The topological polar surface area (TPSA) is 88.8 Å². The quantitative estimate of drug-likeness (QED) is 0.288. The number of nitrogens with zero attached hydrogens (tertiary/aromatic N) is 4. The molecule has 13 heavy (non-hydrogen) atoms. The van der Waals surface area contributed by atoms with Crippen LogP contribution in [0.25, 0.3) is 0 Å². The van der Waals surface area contributed by atoms with Gasteiger partial charge in [-0.2, -0.15) is 0 Å². The number of aromatic nitrogens is 2. The summed E-state index contributed by atoms with van der Waals surface area (Å²) in [6.07, 6.45) is 0.988. The van der Waals surface area contributed by atoms with Crippen molar-refractivity contribution < 1.29 is 14.7 Å². The van der Waals surface area contributed by atoms with Crippen LogP contribution < -0.4 is 4.90 Å². The lowest BCUT2D eigenvalue weighted by atomic mass is 10.3. The fraction of sp³-hybridized carbons (Fsp3) is 0.500. The Hall–Kier alpha value is -1.63. The molecule has 0 amide bonds. The maximum absolute atomic E-state index is 10.9. The molecule has 0 fully saturated rings. The molecule has 0 aliphatic heterocycles. The van der Waals surface area contributed by atoms with Crippen LogP contribution in [0.3, 0.4) is 0 Å². The summed E-state index contributed by atoms with van der Waals surface area (Å²) in [7, 11) is 3.65. The molecular formula is C6H10N4O3. The summed E-state index contributed by atoms with van der Waals surface area (Å²) in [6, 6.07) is 0. The second-order valence-electron chi connectivity index (χ2n) is 2.74. The largest absolute Gasteiger partial charge is 0.411 e. The number of hydrogen-bond acceptors (Lipinski definition) is 6. The van der Waals surface area contributed by atoms with Gasteiger partial charge in [0.05, 0.1) is 6.54 Å². The molecule has 0 saturated carbocycles. The van der Waals surface area contributed by atoms with Crippen LogP contribution in [0.1, 0.15) is 11.4 Å². The molecule has 7 nitrogen and oxygen atoms in total. The minimum absolute atomic E-state index is 0.108. The molecule has 1 N–H and O–H groups in total. The number of hydrogen-bond donors (Lipinski definition) is 1. The third-order valence-electron chi connectivity index (χ3n) is 1.36. The Morgan fingerprint density at radius 2 is 2.46 bits per heavy atom. The van der Waals surface area contributed by atoms with Gasteiger partial charge in [-0.25, -0.2) is 0 Å². The Labute approximate surface area is 74.4 Å². The average molecular weight is 186 g/mol. The van der Waals surface area contributed by atoms with Crippen molar-refractivity contribution >= 4 is 6.21 Å². The monoisotopic (exact) mass is 186 g/mol. The first-order chi connectivity index (χ1) is 6.15. The molecule has 0 unspecified atom stereocenters. The Kier molecular flexibility index (Phi) is 2.80. The zero-order chi connectivity index (χ0) is 9.84. The van der Waals surface area contributed by atoms with Crippen molar-refractivity contribution in [3.8, 4) is 0 Å². The Bertz CT molecular complexity index is 307. The van der Waals surface area contributed by atoms with Gasteiger partial charge in [0, 0.05) is 5.16 Å². The maximum atomic E-state index is 10.9. The third-order valence-corrected chi connectivity index (χ3v) is 1.36. The zero-order valence-electron chi connectivity index (χ0n) is 7.34. The van der Waals surface area contributed by atoms with Gasteiger partial charge in [-0.15, -0.1) is 0 Å². The zero-order valence-corrected chi connectivity index (χ0v) is 7.34. The van der Waals surface area contributed by atoms with E-state index in [2.05, 4.69) is 14.9 Å². The van der Waals surface area contributed by atoms with Crippen LogP contribution in [-0.2, 0) is 6.54 Å². The second-order valence-corrected chi connectivity index (χ2v) is 2.74. The molecule has 1 heterocycles. The summed E-state index contributed by atoms with van der Waals surface area (Å²) >= 11 is 0. The van der Waals surface area contributed by atoms with E-state index in [1.165, 1.54) is 0 Å². The van der Waals surface area contributed by atoms with E-state index < -0.39 is 0 Å². The maximum Gasteiger partial charge on any atom is 0.244 e. The van der Waals surface area contributed by atoms with Crippen molar-refractivity contribution in [3.05, 3.63) is 16.6 Å². The summed E-state index contributed by atoms with van der Waals surface area (Å²) in [5.41, 5.74) is 0.536. The van der Waals surface area contributed by atoms with Crippen molar-refractivity contribution in [1.29, 1.82) is 0 Å². The van der Waals surface area contributed by atoms with E-state index in [-0.39, 0.29) is 10.6 Å². The SMILES string of the molecule is CN(C)Cc1no[n+]([O-])c1/C=N/O. The smallest absolute Gasteiger partial charge is 0.244 e. The van der Waals surface area contributed by atoms with Gasteiger partial charge in [-0.3, -0.25) is 4.63 Å². The summed E-state index contributed by atoms with van der Waals surface area (Å²) in [5, 5.41) is 25.4. The molecule has 0 saturated heterocycles. The molecule has 0 spiro atoms. The van der Waals surface area contributed by atoms with E-state index >= 15 is 0 Å². The summed E-state index contributed by atoms with van der Waals surface area (Å²) in [6.45, 7) is 0.445. The van der Waals surface area contributed by atoms with Crippen molar-refractivity contribution in [3.63, 3.8) is 0 Å². The van der Waals surface area contributed by atoms with Gasteiger partial charge in [0.1, 0.15) is 6.21 Å². The van der Waals surface area contributed by atoms with Crippen LogP contribution in [0.2, 0.25) is 0 Å². The van der Waals surface area contributed by atoms with Crippen molar-refractivity contribution in [2.45, 2.75) is 6.54 Å². The van der Waals surface area contributed by atoms with E-state index in [0.717, 1.165) is 6.21 Å².